The number of benzene rings is 1. The average Bonchev–Trinajstić information content (AvgIpc) is 2.81. The zero-order valence-electron chi connectivity index (χ0n) is 11.7. The minimum atomic E-state index is -3.32. The molecule has 0 aliphatic heterocycles. The molecule has 0 spiro atoms. The number of sulfonamides is 1. The molecule has 2 N–H and O–H groups in total. The minimum absolute atomic E-state index is 0.234. The number of hydrogen-bond acceptors (Lipinski definition) is 4. The molecule has 6 nitrogen and oxygen atoms in total. The standard InChI is InChI=1S/C14H16N2O4S/c1-10-13(6-7-20-10)14(17)15-9-11-4-3-5-12(8-11)16-21(2,18)19/h3-8,16H,9H2,1-2H3,(H,15,17). The molecule has 0 saturated heterocycles. The van der Waals surface area contributed by atoms with Crippen molar-refractivity contribution in [3.63, 3.8) is 0 Å². The van der Waals surface area contributed by atoms with E-state index in [9.17, 15) is 13.2 Å². The van der Waals surface area contributed by atoms with E-state index in [2.05, 4.69) is 10.0 Å². The van der Waals surface area contributed by atoms with E-state index in [0.717, 1.165) is 11.8 Å². The molecule has 0 fully saturated rings. The maximum Gasteiger partial charge on any atom is 0.255 e. The zero-order chi connectivity index (χ0) is 15.5. The normalized spacial score (nSPS) is 11.1. The number of furan rings is 1. The third-order valence-corrected chi connectivity index (χ3v) is 3.39. The molecule has 2 aromatic rings. The van der Waals surface area contributed by atoms with Crippen LogP contribution >= 0.6 is 0 Å². The minimum Gasteiger partial charge on any atom is -0.469 e. The van der Waals surface area contributed by atoms with E-state index in [1.807, 2.05) is 0 Å². The Morgan fingerprint density at radius 1 is 1.29 bits per heavy atom. The van der Waals surface area contributed by atoms with E-state index < -0.39 is 10.0 Å². The monoisotopic (exact) mass is 308 g/mol. The fourth-order valence-electron chi connectivity index (χ4n) is 1.86. The van der Waals surface area contributed by atoms with Crippen LogP contribution in [0.25, 0.3) is 0 Å². The molecule has 112 valence electrons. The van der Waals surface area contributed by atoms with Crippen LogP contribution in [0.2, 0.25) is 0 Å². The zero-order valence-corrected chi connectivity index (χ0v) is 12.5. The summed E-state index contributed by atoms with van der Waals surface area (Å²) in [5.41, 5.74) is 1.74. The van der Waals surface area contributed by atoms with Gasteiger partial charge in [-0.2, -0.15) is 0 Å². The molecule has 0 atom stereocenters. The van der Waals surface area contributed by atoms with Crippen molar-refractivity contribution in [1.82, 2.24) is 5.32 Å². The number of amides is 1. The SMILES string of the molecule is Cc1occc1C(=O)NCc1cccc(NS(C)(=O)=O)c1. The van der Waals surface area contributed by atoms with Crippen LogP contribution in [0.3, 0.4) is 0 Å². The molecular formula is C14H16N2O4S. The van der Waals surface area contributed by atoms with Crippen molar-refractivity contribution in [1.29, 1.82) is 0 Å². The van der Waals surface area contributed by atoms with Crippen LogP contribution in [0.15, 0.2) is 41.0 Å². The Labute approximate surface area is 123 Å². The average molecular weight is 308 g/mol. The Morgan fingerprint density at radius 3 is 2.67 bits per heavy atom. The summed E-state index contributed by atoms with van der Waals surface area (Å²) >= 11 is 0. The van der Waals surface area contributed by atoms with Gasteiger partial charge in [0.05, 0.1) is 18.1 Å². The summed E-state index contributed by atoms with van der Waals surface area (Å²) in [6, 6.07) is 8.44. The van der Waals surface area contributed by atoms with E-state index >= 15 is 0 Å². The number of nitrogens with one attached hydrogen (secondary N) is 2. The smallest absolute Gasteiger partial charge is 0.255 e. The Hall–Kier alpha value is -2.28. The Balaban J connectivity index is 2.02. The molecule has 1 heterocycles. The van der Waals surface area contributed by atoms with Gasteiger partial charge < -0.3 is 9.73 Å². The van der Waals surface area contributed by atoms with Gasteiger partial charge in [-0.1, -0.05) is 12.1 Å². The van der Waals surface area contributed by atoms with E-state index in [1.165, 1.54) is 6.26 Å². The molecule has 1 amide bonds. The summed E-state index contributed by atoms with van der Waals surface area (Å²) < 4.78 is 29.8. The second kappa shape index (κ2) is 6.01. The van der Waals surface area contributed by atoms with Crippen molar-refractivity contribution in [2.24, 2.45) is 0 Å². The second-order valence-corrected chi connectivity index (χ2v) is 6.40. The van der Waals surface area contributed by atoms with Crippen LogP contribution in [-0.4, -0.2) is 20.6 Å². The van der Waals surface area contributed by atoms with Gasteiger partial charge in [-0.3, -0.25) is 9.52 Å². The summed E-state index contributed by atoms with van der Waals surface area (Å²) in [4.78, 5) is 11.9. The molecule has 0 radical (unpaired) electrons. The van der Waals surface area contributed by atoms with Crippen LogP contribution < -0.4 is 10.0 Å². The number of carbonyl (C=O) groups excluding carboxylic acids is 1. The van der Waals surface area contributed by atoms with Crippen LogP contribution in [0.4, 0.5) is 5.69 Å². The first-order valence-corrected chi connectivity index (χ1v) is 8.13. The molecule has 0 aliphatic carbocycles. The van der Waals surface area contributed by atoms with Crippen LogP contribution in [-0.2, 0) is 16.6 Å². The second-order valence-electron chi connectivity index (χ2n) is 4.65. The van der Waals surface area contributed by atoms with Gasteiger partial charge in [0.25, 0.3) is 5.91 Å². The number of rotatable bonds is 5. The number of carbonyl (C=O) groups is 1. The lowest BCUT2D eigenvalue weighted by atomic mass is 10.2. The summed E-state index contributed by atoms with van der Waals surface area (Å²) in [5.74, 6) is 0.322. The van der Waals surface area contributed by atoms with Crippen molar-refractivity contribution in [3.8, 4) is 0 Å². The lowest BCUT2D eigenvalue weighted by Crippen LogP contribution is -2.23. The molecule has 0 bridgehead atoms. The third-order valence-electron chi connectivity index (χ3n) is 2.79. The molecule has 1 aromatic carbocycles. The first-order chi connectivity index (χ1) is 9.85. The van der Waals surface area contributed by atoms with Gasteiger partial charge >= 0.3 is 0 Å². The molecule has 0 saturated carbocycles. The molecule has 0 aliphatic rings. The highest BCUT2D eigenvalue weighted by molar-refractivity contribution is 7.92. The van der Waals surface area contributed by atoms with Gasteiger partial charge in [-0.15, -0.1) is 0 Å². The maximum absolute atomic E-state index is 11.9. The number of aryl methyl sites for hydroxylation is 1. The van der Waals surface area contributed by atoms with E-state index in [-0.39, 0.29) is 5.91 Å². The van der Waals surface area contributed by atoms with Crippen molar-refractivity contribution < 1.29 is 17.6 Å². The lowest BCUT2D eigenvalue weighted by Gasteiger charge is -2.08. The van der Waals surface area contributed by atoms with Crippen LogP contribution in [0.1, 0.15) is 21.7 Å². The summed E-state index contributed by atoms with van der Waals surface area (Å²) in [6.07, 6.45) is 2.55. The van der Waals surface area contributed by atoms with Gasteiger partial charge in [0, 0.05) is 12.2 Å². The molecular weight excluding hydrogens is 292 g/mol. The van der Waals surface area contributed by atoms with Gasteiger partial charge in [-0.25, -0.2) is 8.42 Å². The van der Waals surface area contributed by atoms with Crippen molar-refractivity contribution >= 4 is 21.6 Å². The molecule has 7 heteroatoms. The first kappa shape index (κ1) is 15.1. The summed E-state index contributed by atoms with van der Waals surface area (Å²) in [7, 11) is -3.32. The predicted octanol–water partition coefficient (Wildman–Crippen LogP) is 1.89. The molecule has 1 aromatic heterocycles. The van der Waals surface area contributed by atoms with Gasteiger partial charge in [0.15, 0.2) is 0 Å². The van der Waals surface area contributed by atoms with Crippen molar-refractivity contribution in [3.05, 3.63) is 53.5 Å². The molecule has 21 heavy (non-hydrogen) atoms. The first-order valence-electron chi connectivity index (χ1n) is 6.24. The number of hydrogen-bond donors (Lipinski definition) is 2. The Bertz CT molecular complexity index is 750. The predicted molar refractivity (Wildman–Crippen MR) is 79.5 cm³/mol. The van der Waals surface area contributed by atoms with Gasteiger partial charge in [0.2, 0.25) is 10.0 Å². The van der Waals surface area contributed by atoms with Crippen LogP contribution in [0.5, 0.6) is 0 Å². The van der Waals surface area contributed by atoms with Crippen LogP contribution in [0, 0.1) is 6.92 Å². The van der Waals surface area contributed by atoms with Gasteiger partial charge in [0.1, 0.15) is 5.76 Å². The number of anilines is 1. The topological polar surface area (TPSA) is 88.4 Å². The van der Waals surface area contributed by atoms with Crippen molar-refractivity contribution in [2.45, 2.75) is 13.5 Å². The highest BCUT2D eigenvalue weighted by atomic mass is 32.2. The molecule has 2 rings (SSSR count). The molecule has 0 unspecified atom stereocenters. The third kappa shape index (κ3) is 4.35. The lowest BCUT2D eigenvalue weighted by molar-refractivity contribution is 0.0949. The highest BCUT2D eigenvalue weighted by Gasteiger charge is 2.11. The maximum atomic E-state index is 11.9. The summed E-state index contributed by atoms with van der Waals surface area (Å²) in [6.45, 7) is 2.01. The fraction of sp³-hybridized carbons (Fsp3) is 0.214. The summed E-state index contributed by atoms with van der Waals surface area (Å²) in [5, 5.41) is 2.76. The van der Waals surface area contributed by atoms with Gasteiger partial charge in [-0.05, 0) is 30.7 Å². The highest BCUT2D eigenvalue weighted by Crippen LogP contribution is 2.13. The van der Waals surface area contributed by atoms with E-state index in [0.29, 0.717) is 23.6 Å². The van der Waals surface area contributed by atoms with E-state index in [4.69, 9.17) is 4.42 Å². The fourth-order valence-corrected chi connectivity index (χ4v) is 2.41. The Kier molecular flexibility index (Phi) is 4.32. The van der Waals surface area contributed by atoms with Crippen molar-refractivity contribution in [2.75, 3.05) is 11.0 Å². The Morgan fingerprint density at radius 2 is 2.05 bits per heavy atom. The van der Waals surface area contributed by atoms with E-state index in [1.54, 1.807) is 37.3 Å². The quantitative estimate of drug-likeness (QED) is 0.883. The largest absolute Gasteiger partial charge is 0.469 e.